The molecular formula is C88H115N18O21P3. The van der Waals surface area contributed by atoms with E-state index < -0.39 is 134 Å². The highest BCUT2D eigenvalue weighted by atomic mass is 31.2. The molecule has 130 heavy (non-hydrogen) atoms. The van der Waals surface area contributed by atoms with Crippen molar-refractivity contribution >= 4 is 114 Å². The minimum atomic E-state index is -4.34. The molecule has 9 heterocycles. The lowest BCUT2D eigenvalue weighted by atomic mass is 9.98. The van der Waals surface area contributed by atoms with Gasteiger partial charge < -0.3 is 74.5 Å². The van der Waals surface area contributed by atoms with E-state index in [-0.39, 0.29) is 67.2 Å². The molecular weight excluding hydrogens is 1740 g/mol. The summed E-state index contributed by atoms with van der Waals surface area (Å²) in [5.41, 5.74) is 20.8. The predicted octanol–water partition coefficient (Wildman–Crippen LogP) is 13.5. The Morgan fingerprint density at radius 1 is 0.469 bits per heavy atom. The second kappa shape index (κ2) is 43.4. The van der Waals surface area contributed by atoms with Crippen LogP contribution in [0.1, 0.15) is 180 Å². The minimum absolute atomic E-state index is 0.0588. The van der Waals surface area contributed by atoms with Crippen LogP contribution in [0.3, 0.4) is 0 Å². The molecule has 3 saturated heterocycles. The second-order valence-corrected chi connectivity index (χ2v) is 38.3. The van der Waals surface area contributed by atoms with Crippen molar-refractivity contribution in [2.75, 3.05) is 43.6 Å². The van der Waals surface area contributed by atoms with Gasteiger partial charge >= 0.3 is 41.1 Å². The Kier molecular flexibility index (Phi) is 32.0. The number of aliphatic hydroxyl groups excluding tert-OH is 3. The number of carbonyl (C=O) groups excluding carboxylic acids is 3. The number of nitrogen functional groups attached to an aromatic ring is 3. The summed E-state index contributed by atoms with van der Waals surface area (Å²) in [6, 6.07) is 31.4. The number of para-hydroxylation sites is 1. The van der Waals surface area contributed by atoms with E-state index >= 15 is 0 Å². The zero-order chi connectivity index (χ0) is 92.0. The number of fused-ring (bicyclic) bond motifs is 5. The van der Waals surface area contributed by atoms with Gasteiger partial charge in [0.15, 0.2) is 34.4 Å². The molecule has 3 aliphatic heterocycles. The molecule has 12 N–H and O–H groups in total. The maximum atomic E-state index is 14.9. The Bertz CT molecular complexity index is 5860. The number of unbranched alkanes of at least 4 members (excludes halogenated alkanes) is 2. The van der Waals surface area contributed by atoms with Crippen LogP contribution in [0.25, 0.3) is 55.0 Å². The van der Waals surface area contributed by atoms with E-state index in [1.54, 1.807) is 103 Å². The number of nitrogens with two attached hydrogens (primary N) is 3. The first-order valence-corrected chi connectivity index (χ1v) is 48.7. The number of ether oxygens (including phenoxy) is 6. The summed E-state index contributed by atoms with van der Waals surface area (Å²) in [7, 11) is -12.8. The topological polar surface area (TPSA) is 519 Å². The lowest BCUT2D eigenvalue weighted by Crippen LogP contribution is -2.40. The summed E-state index contributed by atoms with van der Waals surface area (Å²) in [6.45, 7) is 13.3. The molecule has 3 unspecified atom stereocenters. The average Bonchev–Trinajstić information content (AvgIpc) is 1.62. The third-order valence-electron chi connectivity index (χ3n) is 22.8. The fourth-order valence-electron chi connectivity index (χ4n) is 16.4. The van der Waals surface area contributed by atoms with E-state index in [9.17, 15) is 43.4 Å². The van der Waals surface area contributed by atoms with Crippen LogP contribution >= 0.6 is 23.2 Å². The van der Waals surface area contributed by atoms with Crippen LogP contribution in [0.15, 0.2) is 134 Å². The Labute approximate surface area is 751 Å². The van der Waals surface area contributed by atoms with E-state index in [4.69, 9.17) is 72.8 Å². The Balaban J connectivity index is 0.000000158. The van der Waals surface area contributed by atoms with Crippen LogP contribution in [0.5, 0.6) is 17.2 Å². The fraction of sp³-hybridized carbons (Fsp3) is 0.500. The molecule has 0 spiro atoms. The maximum absolute atomic E-state index is 14.9. The first-order chi connectivity index (χ1) is 62.6. The van der Waals surface area contributed by atoms with Crippen LogP contribution in [0, 0.1) is 26.7 Å². The molecule has 5 aromatic carbocycles. The van der Waals surface area contributed by atoms with Crippen molar-refractivity contribution < 1.29 is 99.0 Å². The fourth-order valence-corrected chi connectivity index (χ4v) is 21.6. The largest absolute Gasteiger partial charge is 0.465 e. The van der Waals surface area contributed by atoms with Crippen LogP contribution < -0.4 is 46.0 Å². The SMILES string of the molecule is CCCCCOC(=O)[C@H](CC(C)C)NP(=O)(Oc1cccc2ccccc12)O[C@@H]1C[C@H](n2cnc3c(N)nc(C)nc32)O[C@@H]1CO.Cc1nc(N)c2ncn([C@H]3C[C@@H](OP(=O)(N[C@@H](C)C(=O)OC4CCCCC4)Oc4cccc5ccccc45)[C@@H](CO)O3)c2n1.Cc1nc(N)c2ncn([C@H]3C[C@@H](OP(=O)(N[C@@H](C)C(=O)OC4CCCCC4)Oc4ccccc4)[C@@H](CO)O3)c2n1. The molecule has 2 aliphatic carbocycles. The zero-order valence-electron chi connectivity index (χ0n) is 73.8. The average molecular weight is 1850 g/mol. The lowest BCUT2D eigenvalue weighted by Gasteiger charge is -2.28. The van der Waals surface area contributed by atoms with Gasteiger partial charge in [-0.05, 0) is 140 Å². The van der Waals surface area contributed by atoms with Gasteiger partial charge in [-0.2, -0.15) is 15.3 Å². The van der Waals surface area contributed by atoms with Gasteiger partial charge in [-0.25, -0.2) is 58.6 Å². The predicted molar refractivity (Wildman–Crippen MR) is 482 cm³/mol. The summed E-state index contributed by atoms with van der Waals surface area (Å²) < 4.78 is 121. The number of esters is 3. The van der Waals surface area contributed by atoms with Crippen molar-refractivity contribution in [3.05, 3.63) is 152 Å². The number of carbonyl (C=O) groups is 3. The summed E-state index contributed by atoms with van der Waals surface area (Å²) in [5.74, 6) is 1.46. The van der Waals surface area contributed by atoms with E-state index in [1.807, 2.05) is 74.5 Å². The Hall–Kier alpha value is -10.3. The number of benzene rings is 5. The van der Waals surface area contributed by atoms with Crippen LogP contribution in [0.2, 0.25) is 0 Å². The quantitative estimate of drug-likeness (QED) is 0.00771. The van der Waals surface area contributed by atoms with E-state index in [0.29, 0.717) is 68.9 Å². The van der Waals surface area contributed by atoms with E-state index in [0.717, 1.165) is 105 Å². The molecule has 39 nitrogen and oxygen atoms in total. The van der Waals surface area contributed by atoms with Gasteiger partial charge in [0.25, 0.3) is 0 Å². The molecule has 15 atom stereocenters. The van der Waals surface area contributed by atoms with Gasteiger partial charge in [0, 0.05) is 30.0 Å². The number of imidazole rings is 3. The van der Waals surface area contributed by atoms with Gasteiger partial charge in [-0.1, -0.05) is 137 Å². The van der Waals surface area contributed by atoms with Crippen molar-refractivity contribution in [2.24, 2.45) is 5.92 Å². The molecule has 16 rings (SSSR count). The third kappa shape index (κ3) is 23.8. The number of rotatable bonds is 35. The number of anilines is 3. The van der Waals surface area contributed by atoms with Crippen molar-refractivity contribution in [1.29, 1.82) is 0 Å². The van der Waals surface area contributed by atoms with Crippen molar-refractivity contribution in [3.63, 3.8) is 0 Å². The third-order valence-corrected chi connectivity index (χ3v) is 27.8. The van der Waals surface area contributed by atoms with Crippen molar-refractivity contribution in [3.8, 4) is 17.2 Å². The highest BCUT2D eigenvalue weighted by Gasteiger charge is 2.49. The van der Waals surface area contributed by atoms with Crippen molar-refractivity contribution in [2.45, 2.75) is 250 Å². The molecule has 6 aromatic heterocycles. The van der Waals surface area contributed by atoms with Gasteiger partial charge in [0.05, 0.1) is 45.4 Å². The molecule has 5 aliphatic rings. The number of hydrogen-bond acceptors (Lipinski definition) is 33. The highest BCUT2D eigenvalue weighted by molar-refractivity contribution is 7.52. The summed E-state index contributed by atoms with van der Waals surface area (Å²) >= 11 is 0. The molecule has 42 heteroatoms. The van der Waals surface area contributed by atoms with Gasteiger partial charge in [0.1, 0.15) is 137 Å². The monoisotopic (exact) mass is 1850 g/mol. The second-order valence-electron chi connectivity index (χ2n) is 33.3. The summed E-state index contributed by atoms with van der Waals surface area (Å²) in [6.07, 6.45) is 10.0. The smallest absolute Gasteiger partial charge is 0.459 e. The molecule has 0 radical (unpaired) electrons. The summed E-state index contributed by atoms with van der Waals surface area (Å²) in [4.78, 5) is 78.1. The molecule has 2 saturated carbocycles. The number of aliphatic hydroxyl groups is 3. The first-order valence-electron chi connectivity index (χ1n) is 44.1. The van der Waals surface area contributed by atoms with E-state index in [1.165, 1.54) is 19.0 Å². The highest BCUT2D eigenvalue weighted by Crippen LogP contribution is 2.55. The molecule has 698 valence electrons. The maximum Gasteiger partial charge on any atom is 0.459 e. The molecule has 0 amide bonds. The van der Waals surface area contributed by atoms with Crippen LogP contribution in [-0.4, -0.2) is 185 Å². The zero-order valence-corrected chi connectivity index (χ0v) is 76.5. The van der Waals surface area contributed by atoms with Gasteiger partial charge in [-0.3, -0.25) is 41.7 Å². The Morgan fingerprint density at radius 2 is 0.838 bits per heavy atom. The first kappa shape index (κ1) is 95.8. The van der Waals surface area contributed by atoms with E-state index in [2.05, 4.69) is 67.0 Å². The standard InChI is InChI=1S/C32H43N6O7P.C30H37N6O7P.C26H35N6O7P/c1-5-6-9-15-42-32(40)24(16-20(2)3)37-46(41,44-25-14-10-12-22-11-7-8-13-23(22)25)45-26-17-28(43-27(26)18-39)38-19-34-29-30(33)35-21(4)36-31(29)38;1-18(30(38)40-21-11-4-3-5-12-21)35-44(39,42-23-14-8-10-20-9-6-7-13-22(20)23)43-24-15-26(41-25(24)16-37)36-17-32-27-28(31)33-19(2)34-29(27)36;1-16(26(34)36-18-9-5-3-6-10-18)31-40(35,38-19-11-7-4-8-12-19)39-20-13-22(37-21(20)14-33)32-15-28-23-24(27)29-17(2)30-25(23)32/h7-8,10-14,19-20,24,26-28,39H,5-6,9,15-18H2,1-4H3,(H,37,41)(H2,33,35,36);6-10,13-14,17-18,21,24-26,37H,3-5,11-12,15-16H2,1-2H3,(H,35,39)(H2,31,33,34);4,7-8,11-12,15-16,18,20-22,33H,3,5-6,9-10,13-14H2,1-2H3,(H,31,35)(H2,27,29,30)/t24-,26+,27+,28+,46?;18-,24+,25+,26+,44?;16-,20+,21+,22+,40?/m000/s1. The number of hydrogen-bond donors (Lipinski definition) is 9. The van der Waals surface area contributed by atoms with Crippen LogP contribution in [0.4, 0.5) is 17.5 Å². The number of aromatic nitrogens is 12. The Morgan fingerprint density at radius 3 is 1.22 bits per heavy atom. The molecule has 11 aromatic rings. The lowest BCUT2D eigenvalue weighted by molar-refractivity contribution is -0.153. The number of nitrogens with one attached hydrogen (secondary N) is 3. The van der Waals surface area contributed by atoms with Crippen molar-refractivity contribution in [1.82, 2.24) is 73.8 Å². The minimum Gasteiger partial charge on any atom is -0.465 e. The molecule has 5 fully saturated rings. The normalized spacial score (nSPS) is 22.4. The number of aryl methyl sites for hydroxylation is 3. The summed E-state index contributed by atoms with van der Waals surface area (Å²) in [5, 5.41) is 42.3. The van der Waals surface area contributed by atoms with Gasteiger partial charge in [0.2, 0.25) is 0 Å². The van der Waals surface area contributed by atoms with Gasteiger partial charge in [-0.15, -0.1) is 0 Å². The van der Waals surface area contributed by atoms with Crippen LogP contribution in [-0.2, 0) is 70.1 Å². The molecule has 0 bridgehead atoms. The number of nitrogens with zero attached hydrogens (tertiary/aromatic N) is 12.